The minimum Gasteiger partial charge on any atom is -0.449 e. The van der Waals surface area contributed by atoms with Crippen LogP contribution in [0.25, 0.3) is 0 Å². The zero-order valence-corrected chi connectivity index (χ0v) is 16.0. The van der Waals surface area contributed by atoms with Crippen LogP contribution < -0.4 is 10.6 Å². The first-order valence-corrected chi connectivity index (χ1v) is 9.01. The second kappa shape index (κ2) is 8.14. The minimum absolute atomic E-state index is 0.206. The summed E-state index contributed by atoms with van der Waals surface area (Å²) in [5, 5.41) is 7.33. The van der Waals surface area contributed by atoms with E-state index in [0.29, 0.717) is 16.1 Å². The summed E-state index contributed by atoms with van der Waals surface area (Å²) in [6, 6.07) is 9.84. The molecule has 6 nitrogen and oxygen atoms in total. The number of hydrogen-bond acceptors (Lipinski definition) is 5. The van der Waals surface area contributed by atoms with Gasteiger partial charge in [-0.25, -0.2) is 4.79 Å². The van der Waals surface area contributed by atoms with Crippen molar-refractivity contribution in [2.45, 2.75) is 39.3 Å². The number of carbonyl (C=O) groups excluding carboxylic acids is 3. The lowest BCUT2D eigenvalue weighted by Crippen LogP contribution is -2.46. The topological polar surface area (TPSA) is 84.5 Å². The van der Waals surface area contributed by atoms with E-state index < -0.39 is 17.6 Å². The monoisotopic (exact) mass is 374 g/mol. The lowest BCUT2D eigenvalue weighted by molar-refractivity contribution is -0.130. The molecule has 26 heavy (non-hydrogen) atoms. The first-order valence-electron chi connectivity index (χ1n) is 8.13. The molecule has 0 fully saturated rings. The van der Waals surface area contributed by atoms with Crippen LogP contribution in [-0.2, 0) is 9.53 Å². The summed E-state index contributed by atoms with van der Waals surface area (Å²) >= 11 is 1.35. The quantitative estimate of drug-likeness (QED) is 0.785. The number of anilines is 1. The number of esters is 1. The zero-order valence-electron chi connectivity index (χ0n) is 15.2. The van der Waals surface area contributed by atoms with Gasteiger partial charge in [-0.05, 0) is 63.4 Å². The molecular weight excluding hydrogens is 352 g/mol. The summed E-state index contributed by atoms with van der Waals surface area (Å²) in [7, 11) is 0. The van der Waals surface area contributed by atoms with Crippen molar-refractivity contribution in [1.29, 1.82) is 0 Å². The summed E-state index contributed by atoms with van der Waals surface area (Å²) < 4.78 is 5.19. The minimum atomic E-state index is -0.903. The van der Waals surface area contributed by atoms with Gasteiger partial charge < -0.3 is 15.4 Å². The van der Waals surface area contributed by atoms with Crippen LogP contribution >= 0.6 is 11.3 Å². The molecule has 7 heteroatoms. The first-order chi connectivity index (χ1) is 12.2. The molecular formula is C19H22N2O4S. The average molecular weight is 374 g/mol. The fourth-order valence-corrected chi connectivity index (χ4v) is 2.66. The Bertz CT molecular complexity index is 777. The van der Waals surface area contributed by atoms with Gasteiger partial charge in [0.2, 0.25) is 0 Å². The van der Waals surface area contributed by atoms with Crippen molar-refractivity contribution < 1.29 is 19.1 Å². The maximum absolute atomic E-state index is 12.2. The maximum atomic E-state index is 12.2. The van der Waals surface area contributed by atoms with Gasteiger partial charge in [0.1, 0.15) is 0 Å². The highest BCUT2D eigenvalue weighted by atomic mass is 32.1. The predicted molar refractivity (Wildman–Crippen MR) is 101 cm³/mol. The number of amides is 2. The Kier molecular flexibility index (Phi) is 6.15. The number of thiophene rings is 1. The van der Waals surface area contributed by atoms with Gasteiger partial charge in [0.05, 0.1) is 10.4 Å². The van der Waals surface area contributed by atoms with Crippen LogP contribution in [0.2, 0.25) is 0 Å². The van der Waals surface area contributed by atoms with Gasteiger partial charge in [-0.3, -0.25) is 9.59 Å². The lowest BCUT2D eigenvalue weighted by Gasteiger charge is -2.23. The molecule has 2 amide bonds. The lowest BCUT2D eigenvalue weighted by atomic mass is 10.1. The molecule has 2 N–H and O–H groups in total. The molecule has 1 atom stereocenters. The van der Waals surface area contributed by atoms with E-state index in [9.17, 15) is 14.4 Å². The number of rotatable bonds is 5. The van der Waals surface area contributed by atoms with Crippen molar-refractivity contribution in [3.8, 4) is 0 Å². The Labute approximate surface area is 156 Å². The van der Waals surface area contributed by atoms with Crippen LogP contribution in [0.4, 0.5) is 5.69 Å². The van der Waals surface area contributed by atoms with Gasteiger partial charge in [-0.15, -0.1) is 11.3 Å². The van der Waals surface area contributed by atoms with Crippen molar-refractivity contribution >= 4 is 34.8 Å². The highest BCUT2D eigenvalue weighted by molar-refractivity contribution is 7.12. The molecule has 0 bridgehead atoms. The molecule has 1 heterocycles. The van der Waals surface area contributed by atoms with Gasteiger partial charge >= 0.3 is 5.97 Å². The molecule has 0 spiro atoms. The molecule has 2 aromatic rings. The Morgan fingerprint density at radius 1 is 1.08 bits per heavy atom. The third-order valence-electron chi connectivity index (χ3n) is 3.27. The summed E-state index contributed by atoms with van der Waals surface area (Å²) in [4.78, 5) is 36.7. The van der Waals surface area contributed by atoms with Crippen molar-refractivity contribution in [3.63, 3.8) is 0 Å². The number of benzene rings is 1. The Hall–Kier alpha value is -2.67. The van der Waals surface area contributed by atoms with E-state index >= 15 is 0 Å². The third-order valence-corrected chi connectivity index (χ3v) is 4.14. The van der Waals surface area contributed by atoms with E-state index in [1.54, 1.807) is 36.4 Å². The normalized spacial score (nSPS) is 12.2. The van der Waals surface area contributed by atoms with Crippen molar-refractivity contribution in [1.82, 2.24) is 5.32 Å². The van der Waals surface area contributed by atoms with Gasteiger partial charge in [0, 0.05) is 11.2 Å². The fraction of sp³-hybridized carbons (Fsp3) is 0.316. The van der Waals surface area contributed by atoms with E-state index in [1.807, 2.05) is 26.2 Å². The highest BCUT2D eigenvalue weighted by Crippen LogP contribution is 2.15. The Morgan fingerprint density at radius 3 is 2.27 bits per heavy atom. The molecule has 0 aliphatic rings. The largest absolute Gasteiger partial charge is 0.449 e. The van der Waals surface area contributed by atoms with Crippen molar-refractivity contribution in [2.24, 2.45) is 0 Å². The Morgan fingerprint density at radius 2 is 1.73 bits per heavy atom. The second-order valence-corrected chi connectivity index (χ2v) is 7.74. The third kappa shape index (κ3) is 5.70. The van der Waals surface area contributed by atoms with E-state index in [4.69, 9.17) is 4.74 Å². The van der Waals surface area contributed by atoms with E-state index in [1.165, 1.54) is 18.3 Å². The van der Waals surface area contributed by atoms with Crippen LogP contribution in [0.1, 0.15) is 47.7 Å². The van der Waals surface area contributed by atoms with Crippen LogP contribution in [-0.4, -0.2) is 29.4 Å². The predicted octanol–water partition coefficient (Wildman–Crippen LogP) is 3.46. The van der Waals surface area contributed by atoms with E-state index in [-0.39, 0.29) is 11.8 Å². The average Bonchev–Trinajstić information content (AvgIpc) is 3.08. The maximum Gasteiger partial charge on any atom is 0.338 e. The molecule has 1 aromatic heterocycles. The molecule has 138 valence electrons. The summed E-state index contributed by atoms with van der Waals surface area (Å²) in [6.45, 7) is 7.07. The SMILES string of the molecule is CC(OC(=O)c1ccc(NC(=O)c2cccs2)cc1)C(=O)NC(C)(C)C. The van der Waals surface area contributed by atoms with Crippen molar-refractivity contribution in [2.75, 3.05) is 5.32 Å². The van der Waals surface area contributed by atoms with E-state index in [0.717, 1.165) is 0 Å². The highest BCUT2D eigenvalue weighted by Gasteiger charge is 2.22. The zero-order chi connectivity index (χ0) is 19.3. The Balaban J connectivity index is 1.94. The molecule has 0 saturated heterocycles. The first kappa shape index (κ1) is 19.7. The van der Waals surface area contributed by atoms with Gasteiger partial charge in [0.25, 0.3) is 11.8 Å². The van der Waals surface area contributed by atoms with E-state index in [2.05, 4.69) is 10.6 Å². The van der Waals surface area contributed by atoms with Crippen LogP contribution in [0.15, 0.2) is 41.8 Å². The van der Waals surface area contributed by atoms with Gasteiger partial charge in [-0.1, -0.05) is 6.07 Å². The fourth-order valence-electron chi connectivity index (χ4n) is 2.04. The second-order valence-electron chi connectivity index (χ2n) is 6.80. The molecule has 1 aromatic carbocycles. The number of ether oxygens (including phenoxy) is 1. The standard InChI is InChI=1S/C19H22N2O4S/c1-12(16(22)21-19(2,3)4)25-18(24)13-7-9-14(10-8-13)20-17(23)15-6-5-11-26-15/h5-12H,1-4H3,(H,20,23)(H,21,22). The molecule has 0 aliphatic carbocycles. The van der Waals surface area contributed by atoms with Crippen molar-refractivity contribution in [3.05, 3.63) is 52.2 Å². The van der Waals surface area contributed by atoms with Gasteiger partial charge in [-0.2, -0.15) is 0 Å². The number of nitrogens with one attached hydrogen (secondary N) is 2. The van der Waals surface area contributed by atoms with Gasteiger partial charge in [0.15, 0.2) is 6.10 Å². The summed E-state index contributed by atoms with van der Waals surface area (Å²) in [5.74, 6) is -1.16. The molecule has 1 unspecified atom stereocenters. The summed E-state index contributed by atoms with van der Waals surface area (Å²) in [5.41, 5.74) is 0.466. The summed E-state index contributed by atoms with van der Waals surface area (Å²) in [6.07, 6.45) is -0.903. The molecule has 0 radical (unpaired) electrons. The van der Waals surface area contributed by atoms with Crippen LogP contribution in [0.5, 0.6) is 0 Å². The molecule has 0 saturated carbocycles. The van der Waals surface area contributed by atoms with Crippen LogP contribution in [0, 0.1) is 0 Å². The smallest absolute Gasteiger partial charge is 0.338 e. The van der Waals surface area contributed by atoms with Crippen LogP contribution in [0.3, 0.4) is 0 Å². The molecule has 0 aliphatic heterocycles. The number of carbonyl (C=O) groups is 3. The molecule has 2 rings (SSSR count). The number of hydrogen-bond donors (Lipinski definition) is 2.